The topological polar surface area (TPSA) is 52.7 Å². The summed E-state index contributed by atoms with van der Waals surface area (Å²) < 4.78 is 0. The van der Waals surface area contributed by atoms with Crippen molar-refractivity contribution < 1.29 is 9.59 Å². The summed E-state index contributed by atoms with van der Waals surface area (Å²) in [5.41, 5.74) is 4.72. The van der Waals surface area contributed by atoms with Crippen molar-refractivity contribution in [3.05, 3.63) is 89.5 Å². The lowest BCUT2D eigenvalue weighted by atomic mass is 10.0. The molecular formula is C35H45N3O2. The fourth-order valence-electron chi connectivity index (χ4n) is 5.18. The van der Waals surface area contributed by atoms with Gasteiger partial charge in [0.05, 0.1) is 29.0 Å². The van der Waals surface area contributed by atoms with Crippen molar-refractivity contribution in [2.24, 2.45) is 11.8 Å². The van der Waals surface area contributed by atoms with Crippen molar-refractivity contribution in [1.29, 1.82) is 0 Å². The van der Waals surface area contributed by atoms with E-state index < -0.39 is 0 Å². The maximum atomic E-state index is 13.7. The Hall–Kier alpha value is -3.44. The van der Waals surface area contributed by atoms with Crippen LogP contribution in [0.15, 0.2) is 72.8 Å². The molecule has 5 nitrogen and oxygen atoms in total. The van der Waals surface area contributed by atoms with E-state index in [1.807, 2.05) is 42.5 Å². The molecule has 3 aromatic rings. The van der Waals surface area contributed by atoms with E-state index in [0.29, 0.717) is 22.6 Å². The molecule has 0 aliphatic carbocycles. The molecule has 0 fully saturated rings. The van der Waals surface area contributed by atoms with Gasteiger partial charge >= 0.3 is 0 Å². The normalized spacial score (nSPS) is 12.9. The van der Waals surface area contributed by atoms with Gasteiger partial charge in [-0.25, -0.2) is 0 Å². The predicted molar refractivity (Wildman–Crippen MR) is 166 cm³/mol. The molecule has 1 heterocycles. The number of nitrogens with one attached hydrogen (secondary N) is 1. The molecule has 0 saturated heterocycles. The quantitative estimate of drug-likeness (QED) is 0.225. The van der Waals surface area contributed by atoms with Crippen LogP contribution in [0.5, 0.6) is 0 Å². The van der Waals surface area contributed by atoms with Crippen LogP contribution < -0.4 is 10.2 Å². The summed E-state index contributed by atoms with van der Waals surface area (Å²) >= 11 is 0. The smallest absolute Gasteiger partial charge is 0.257 e. The molecule has 212 valence electrons. The van der Waals surface area contributed by atoms with E-state index in [4.69, 9.17) is 0 Å². The van der Waals surface area contributed by atoms with Gasteiger partial charge in [0.1, 0.15) is 0 Å². The zero-order valence-corrected chi connectivity index (χ0v) is 24.7. The van der Waals surface area contributed by atoms with Gasteiger partial charge in [-0.1, -0.05) is 76.2 Å². The Morgan fingerprint density at radius 3 is 2.02 bits per heavy atom. The lowest BCUT2D eigenvalue weighted by Gasteiger charge is -2.24. The van der Waals surface area contributed by atoms with Crippen LogP contribution in [0.4, 0.5) is 17.1 Å². The molecule has 0 saturated carbocycles. The van der Waals surface area contributed by atoms with Crippen molar-refractivity contribution in [2.75, 3.05) is 29.9 Å². The van der Waals surface area contributed by atoms with Crippen molar-refractivity contribution in [2.45, 2.75) is 66.2 Å². The molecule has 0 aromatic heterocycles. The maximum absolute atomic E-state index is 13.7. The van der Waals surface area contributed by atoms with Crippen molar-refractivity contribution in [3.63, 3.8) is 0 Å². The van der Waals surface area contributed by atoms with Crippen LogP contribution in [-0.2, 0) is 17.6 Å². The van der Waals surface area contributed by atoms with E-state index in [9.17, 15) is 9.59 Å². The Bertz CT molecular complexity index is 1250. The SMILES string of the molecule is CC(C)CCN(CCCCc1ccc(CC(=O)N2c3ccccc3NC(=O)c3ccccc32)cc1)CCC(C)C. The number of rotatable bonds is 13. The highest BCUT2D eigenvalue weighted by Crippen LogP contribution is 2.38. The Morgan fingerprint density at radius 2 is 1.35 bits per heavy atom. The van der Waals surface area contributed by atoms with Gasteiger partial charge in [0.2, 0.25) is 5.91 Å². The standard InChI is InChI=1S/C35H45N3O2/c1-26(2)20-23-37(24-21-27(3)4)22-10-9-11-28-16-18-29(19-17-28)25-34(39)38-32-14-7-5-12-30(32)35(40)36-31-13-6-8-15-33(31)38/h5-8,12-19,26-27H,9-11,20-25H2,1-4H3,(H,36,40). The summed E-state index contributed by atoms with van der Waals surface area (Å²) in [6.45, 7) is 12.8. The number of hydrogen-bond donors (Lipinski definition) is 1. The van der Waals surface area contributed by atoms with Crippen molar-refractivity contribution >= 4 is 28.9 Å². The van der Waals surface area contributed by atoms with Gasteiger partial charge in [0.15, 0.2) is 0 Å². The number of amides is 2. The Balaban J connectivity index is 1.35. The molecule has 1 N–H and O–H groups in total. The summed E-state index contributed by atoms with van der Waals surface area (Å²) in [7, 11) is 0. The highest BCUT2D eigenvalue weighted by Gasteiger charge is 2.28. The summed E-state index contributed by atoms with van der Waals surface area (Å²) in [5.74, 6) is 1.22. The lowest BCUT2D eigenvalue weighted by Crippen LogP contribution is -2.29. The first-order valence-electron chi connectivity index (χ1n) is 14.9. The Morgan fingerprint density at radius 1 is 0.750 bits per heavy atom. The zero-order valence-electron chi connectivity index (χ0n) is 24.7. The number of anilines is 3. The number of carbonyl (C=O) groups is 2. The number of benzene rings is 3. The number of carbonyl (C=O) groups excluding carboxylic acids is 2. The lowest BCUT2D eigenvalue weighted by molar-refractivity contribution is -0.117. The number of hydrogen-bond acceptors (Lipinski definition) is 3. The summed E-state index contributed by atoms with van der Waals surface area (Å²) in [6, 6.07) is 23.2. The molecule has 0 atom stereocenters. The van der Waals surface area contributed by atoms with Gasteiger partial charge < -0.3 is 10.2 Å². The minimum absolute atomic E-state index is 0.0629. The molecule has 5 heteroatoms. The van der Waals surface area contributed by atoms with Crippen LogP contribution >= 0.6 is 0 Å². The number of nitrogens with zero attached hydrogens (tertiary/aromatic N) is 2. The number of aryl methyl sites for hydroxylation is 1. The van der Waals surface area contributed by atoms with Crippen LogP contribution in [0, 0.1) is 11.8 Å². The maximum Gasteiger partial charge on any atom is 0.257 e. The summed E-state index contributed by atoms with van der Waals surface area (Å²) in [6.07, 6.45) is 6.21. The first-order valence-corrected chi connectivity index (χ1v) is 14.9. The fraction of sp³-hybridized carbons (Fsp3) is 0.429. The van der Waals surface area contributed by atoms with Crippen LogP contribution in [0.25, 0.3) is 0 Å². The first kappa shape index (κ1) is 29.5. The zero-order chi connectivity index (χ0) is 28.5. The van der Waals surface area contributed by atoms with Gasteiger partial charge in [0.25, 0.3) is 5.91 Å². The van der Waals surface area contributed by atoms with E-state index >= 15 is 0 Å². The van der Waals surface area contributed by atoms with Crippen molar-refractivity contribution in [3.8, 4) is 0 Å². The van der Waals surface area contributed by atoms with Crippen LogP contribution in [0.1, 0.15) is 74.9 Å². The second-order valence-corrected chi connectivity index (χ2v) is 11.9. The average molecular weight is 540 g/mol. The van der Waals surface area contributed by atoms with E-state index in [0.717, 1.165) is 23.8 Å². The summed E-state index contributed by atoms with van der Waals surface area (Å²) in [4.78, 5) is 30.9. The molecule has 0 bridgehead atoms. The molecule has 0 radical (unpaired) electrons. The molecule has 1 aliphatic rings. The van der Waals surface area contributed by atoms with E-state index in [1.165, 1.54) is 50.9 Å². The van der Waals surface area contributed by atoms with Crippen LogP contribution in [-0.4, -0.2) is 36.3 Å². The highest BCUT2D eigenvalue weighted by molar-refractivity contribution is 6.17. The molecule has 0 spiro atoms. The van der Waals surface area contributed by atoms with Crippen LogP contribution in [0.2, 0.25) is 0 Å². The van der Waals surface area contributed by atoms with E-state index in [2.05, 4.69) is 62.2 Å². The molecule has 4 rings (SSSR count). The van der Waals surface area contributed by atoms with Gasteiger partial charge in [-0.15, -0.1) is 0 Å². The highest BCUT2D eigenvalue weighted by atomic mass is 16.2. The average Bonchev–Trinajstić information content (AvgIpc) is 3.06. The summed E-state index contributed by atoms with van der Waals surface area (Å²) in [5, 5.41) is 2.95. The third-order valence-electron chi connectivity index (χ3n) is 7.65. The van der Waals surface area contributed by atoms with Gasteiger partial charge in [0, 0.05) is 0 Å². The number of fused-ring (bicyclic) bond motifs is 2. The van der Waals surface area contributed by atoms with Crippen LogP contribution in [0.3, 0.4) is 0 Å². The molecule has 1 aliphatic heterocycles. The third kappa shape index (κ3) is 8.04. The Labute approximate surface area is 240 Å². The molecule has 2 amide bonds. The fourth-order valence-corrected chi connectivity index (χ4v) is 5.18. The molecular weight excluding hydrogens is 494 g/mol. The number of unbranched alkanes of at least 4 members (excludes halogenated alkanes) is 1. The molecule has 0 unspecified atom stereocenters. The minimum Gasteiger partial charge on any atom is -0.320 e. The third-order valence-corrected chi connectivity index (χ3v) is 7.65. The van der Waals surface area contributed by atoms with Gasteiger partial charge in [-0.2, -0.15) is 0 Å². The van der Waals surface area contributed by atoms with Crippen molar-refractivity contribution in [1.82, 2.24) is 4.90 Å². The minimum atomic E-state index is -0.203. The second kappa shape index (κ2) is 14.3. The molecule has 40 heavy (non-hydrogen) atoms. The van der Waals surface area contributed by atoms with E-state index in [-0.39, 0.29) is 18.2 Å². The predicted octanol–water partition coefficient (Wildman–Crippen LogP) is 7.88. The Kier molecular flexibility index (Phi) is 10.5. The second-order valence-electron chi connectivity index (χ2n) is 11.9. The van der Waals surface area contributed by atoms with Gasteiger partial charge in [-0.05, 0) is 99.0 Å². The van der Waals surface area contributed by atoms with Gasteiger partial charge in [-0.3, -0.25) is 14.5 Å². The monoisotopic (exact) mass is 539 g/mol. The largest absolute Gasteiger partial charge is 0.320 e. The first-order chi connectivity index (χ1) is 19.3. The number of para-hydroxylation sites is 3. The molecule has 3 aromatic carbocycles. The van der Waals surface area contributed by atoms with E-state index in [1.54, 1.807) is 11.0 Å².